The predicted molar refractivity (Wildman–Crippen MR) is 130 cm³/mol. The van der Waals surface area contributed by atoms with Crippen LogP contribution in [0.25, 0.3) is 0 Å². The molecule has 4 heteroatoms. The molecule has 4 nitrogen and oxygen atoms in total. The van der Waals surface area contributed by atoms with Crippen LogP contribution in [0.2, 0.25) is 0 Å². The topological polar surface area (TPSA) is 50.4 Å². The van der Waals surface area contributed by atoms with Gasteiger partial charge in [0.05, 0.1) is 12.6 Å². The van der Waals surface area contributed by atoms with Gasteiger partial charge in [0.1, 0.15) is 12.4 Å². The van der Waals surface area contributed by atoms with E-state index in [1.807, 2.05) is 38.2 Å². The molecule has 0 saturated carbocycles. The van der Waals surface area contributed by atoms with Gasteiger partial charge in [-0.25, -0.2) is 0 Å². The van der Waals surface area contributed by atoms with Crippen molar-refractivity contribution in [2.75, 3.05) is 26.7 Å². The molecule has 0 aliphatic carbocycles. The number of carbonyl (C=O) groups excluding carboxylic acids is 1. The molecule has 0 aliphatic rings. The van der Waals surface area contributed by atoms with Gasteiger partial charge >= 0.3 is 0 Å². The maximum atomic E-state index is 12.1. The summed E-state index contributed by atoms with van der Waals surface area (Å²) in [5.41, 5.74) is 7.16. The van der Waals surface area contributed by atoms with Gasteiger partial charge in [-0.3, -0.25) is 4.79 Å². The SMILES string of the molecule is C=C(C)CCC(=C)CNCC(=O)COc1ccc(C(NC)c2ccc(C)cc2C)cc1. The molecule has 0 bridgehead atoms. The molecule has 2 aromatic carbocycles. The third-order valence-corrected chi connectivity index (χ3v) is 5.24. The second-order valence-electron chi connectivity index (χ2n) is 8.29. The van der Waals surface area contributed by atoms with Crippen LogP contribution in [0.3, 0.4) is 0 Å². The van der Waals surface area contributed by atoms with Gasteiger partial charge < -0.3 is 15.4 Å². The van der Waals surface area contributed by atoms with E-state index < -0.39 is 0 Å². The molecule has 0 heterocycles. The number of ether oxygens (including phenoxy) is 1. The Hall–Kier alpha value is -2.69. The molecule has 0 saturated heterocycles. The zero-order valence-electron chi connectivity index (χ0n) is 19.4. The molecule has 0 spiro atoms. The van der Waals surface area contributed by atoms with E-state index in [1.165, 1.54) is 16.7 Å². The quantitative estimate of drug-likeness (QED) is 0.445. The van der Waals surface area contributed by atoms with Gasteiger partial charge in [-0.1, -0.05) is 53.6 Å². The van der Waals surface area contributed by atoms with Crippen molar-refractivity contribution in [3.8, 4) is 5.75 Å². The van der Waals surface area contributed by atoms with Gasteiger partial charge in [0.15, 0.2) is 5.78 Å². The van der Waals surface area contributed by atoms with Crippen molar-refractivity contribution < 1.29 is 9.53 Å². The molecule has 2 aromatic rings. The van der Waals surface area contributed by atoms with Crippen molar-refractivity contribution in [3.05, 3.63) is 89.0 Å². The number of allylic oxidation sites excluding steroid dienone is 1. The number of Topliss-reactive ketones (excluding diaryl/α,β-unsaturated/α-hetero) is 1. The number of carbonyl (C=O) groups is 1. The Morgan fingerprint density at radius 3 is 2.35 bits per heavy atom. The van der Waals surface area contributed by atoms with Crippen molar-refractivity contribution in [3.63, 3.8) is 0 Å². The van der Waals surface area contributed by atoms with Crippen LogP contribution >= 0.6 is 0 Å². The van der Waals surface area contributed by atoms with Crippen LogP contribution in [0.5, 0.6) is 5.75 Å². The third kappa shape index (κ3) is 8.16. The predicted octanol–water partition coefficient (Wildman–Crippen LogP) is 5.06. The van der Waals surface area contributed by atoms with E-state index in [-0.39, 0.29) is 25.0 Å². The second-order valence-corrected chi connectivity index (χ2v) is 8.29. The van der Waals surface area contributed by atoms with E-state index >= 15 is 0 Å². The molecule has 1 unspecified atom stereocenters. The molecule has 2 rings (SSSR count). The van der Waals surface area contributed by atoms with E-state index in [9.17, 15) is 4.79 Å². The Morgan fingerprint density at radius 2 is 1.74 bits per heavy atom. The van der Waals surface area contributed by atoms with E-state index in [4.69, 9.17) is 4.74 Å². The lowest BCUT2D eigenvalue weighted by molar-refractivity contribution is -0.120. The highest BCUT2D eigenvalue weighted by Gasteiger charge is 2.14. The number of rotatable bonds is 13. The maximum Gasteiger partial charge on any atom is 0.183 e. The normalized spacial score (nSPS) is 11.7. The van der Waals surface area contributed by atoms with Gasteiger partial charge in [0.2, 0.25) is 0 Å². The van der Waals surface area contributed by atoms with Crippen LogP contribution in [0.4, 0.5) is 0 Å². The minimum Gasteiger partial charge on any atom is -0.486 e. The lowest BCUT2D eigenvalue weighted by Crippen LogP contribution is -2.28. The molecular formula is C27H36N2O2. The average Bonchev–Trinajstić information content (AvgIpc) is 2.73. The van der Waals surface area contributed by atoms with Crippen molar-refractivity contribution in [2.45, 2.75) is 39.7 Å². The number of nitrogens with one attached hydrogen (secondary N) is 2. The van der Waals surface area contributed by atoms with Crippen LogP contribution in [-0.2, 0) is 4.79 Å². The van der Waals surface area contributed by atoms with Crippen LogP contribution in [-0.4, -0.2) is 32.5 Å². The van der Waals surface area contributed by atoms with Gasteiger partial charge in [-0.15, -0.1) is 6.58 Å². The summed E-state index contributed by atoms with van der Waals surface area (Å²) in [5.74, 6) is 0.707. The van der Waals surface area contributed by atoms with Crippen molar-refractivity contribution in [1.82, 2.24) is 10.6 Å². The first kappa shape index (κ1) is 24.6. The molecule has 0 aromatic heterocycles. The smallest absolute Gasteiger partial charge is 0.183 e. The van der Waals surface area contributed by atoms with Gasteiger partial charge in [-0.2, -0.15) is 0 Å². The number of hydrogen-bond donors (Lipinski definition) is 2. The molecule has 0 amide bonds. The van der Waals surface area contributed by atoms with Crippen LogP contribution < -0.4 is 15.4 Å². The third-order valence-electron chi connectivity index (χ3n) is 5.24. The van der Waals surface area contributed by atoms with Crippen molar-refractivity contribution >= 4 is 5.78 Å². The molecule has 1 atom stereocenters. The average molecular weight is 421 g/mol. The first-order chi connectivity index (χ1) is 14.8. The molecule has 0 radical (unpaired) electrons. The van der Waals surface area contributed by atoms with E-state index in [1.54, 1.807) is 0 Å². The fourth-order valence-corrected chi connectivity index (χ4v) is 3.48. The molecule has 31 heavy (non-hydrogen) atoms. The zero-order valence-corrected chi connectivity index (χ0v) is 19.4. The summed E-state index contributed by atoms with van der Waals surface area (Å²) < 4.78 is 5.67. The van der Waals surface area contributed by atoms with Crippen molar-refractivity contribution in [1.29, 1.82) is 0 Å². The zero-order chi connectivity index (χ0) is 22.8. The first-order valence-corrected chi connectivity index (χ1v) is 10.8. The summed E-state index contributed by atoms with van der Waals surface area (Å²) >= 11 is 0. The standard InChI is InChI=1S/C27H36N2O2/c1-19(2)7-8-21(4)16-29-17-24(30)18-31-25-12-10-23(11-13-25)27(28-6)26-14-9-20(3)15-22(26)5/h9-15,27-29H,1,4,7-8,16-18H2,2-3,5-6H3. The lowest BCUT2D eigenvalue weighted by atomic mass is 9.94. The highest BCUT2D eigenvalue weighted by atomic mass is 16.5. The molecular weight excluding hydrogens is 384 g/mol. The number of benzene rings is 2. The summed E-state index contributed by atoms with van der Waals surface area (Å²) in [7, 11) is 1.97. The van der Waals surface area contributed by atoms with Gasteiger partial charge in [-0.05, 0) is 69.5 Å². The van der Waals surface area contributed by atoms with E-state index in [2.05, 4.69) is 55.8 Å². The molecule has 0 aliphatic heterocycles. The van der Waals surface area contributed by atoms with Crippen LogP contribution in [0.1, 0.15) is 48.1 Å². The number of hydrogen-bond acceptors (Lipinski definition) is 4. The molecule has 0 fully saturated rings. The largest absolute Gasteiger partial charge is 0.486 e. The molecule has 166 valence electrons. The number of ketones is 1. The summed E-state index contributed by atoms with van der Waals surface area (Å²) in [4.78, 5) is 12.1. The van der Waals surface area contributed by atoms with Crippen LogP contribution in [0.15, 0.2) is 66.8 Å². The lowest BCUT2D eigenvalue weighted by Gasteiger charge is -2.20. The Morgan fingerprint density at radius 1 is 1.03 bits per heavy atom. The Balaban J connectivity index is 1.83. The fourth-order valence-electron chi connectivity index (χ4n) is 3.48. The first-order valence-electron chi connectivity index (χ1n) is 10.8. The van der Waals surface area contributed by atoms with Gasteiger partial charge in [0, 0.05) is 6.54 Å². The Kier molecular flexibility index (Phi) is 9.70. The highest BCUT2D eigenvalue weighted by Crippen LogP contribution is 2.26. The maximum absolute atomic E-state index is 12.1. The Labute approximate surface area is 187 Å². The summed E-state index contributed by atoms with van der Waals surface area (Å²) in [6, 6.07) is 14.6. The highest BCUT2D eigenvalue weighted by molar-refractivity contribution is 5.82. The molecule has 2 N–H and O–H groups in total. The van der Waals surface area contributed by atoms with E-state index in [0.717, 1.165) is 29.6 Å². The minimum atomic E-state index is 0.0140. The van der Waals surface area contributed by atoms with Gasteiger partial charge in [0.25, 0.3) is 0 Å². The summed E-state index contributed by atoms with van der Waals surface area (Å²) in [6.07, 6.45) is 1.83. The second kappa shape index (κ2) is 12.2. The number of aryl methyl sites for hydroxylation is 2. The summed E-state index contributed by atoms with van der Waals surface area (Å²) in [5, 5.41) is 6.53. The monoisotopic (exact) mass is 420 g/mol. The minimum absolute atomic E-state index is 0.0140. The Bertz CT molecular complexity index is 900. The fraction of sp³-hybridized carbons (Fsp3) is 0.370. The summed E-state index contributed by atoms with van der Waals surface area (Å²) in [6.45, 7) is 15.1. The van der Waals surface area contributed by atoms with E-state index in [0.29, 0.717) is 12.3 Å². The van der Waals surface area contributed by atoms with Crippen LogP contribution in [0, 0.1) is 13.8 Å². The van der Waals surface area contributed by atoms with Crippen molar-refractivity contribution in [2.24, 2.45) is 0 Å².